The third-order valence-electron chi connectivity index (χ3n) is 10.2. The first-order valence-corrected chi connectivity index (χ1v) is 22.3. The van der Waals surface area contributed by atoms with Crippen molar-refractivity contribution in [1.29, 1.82) is 0 Å². The molecule has 1 saturated heterocycles. The summed E-state index contributed by atoms with van der Waals surface area (Å²) in [7, 11) is 0. The van der Waals surface area contributed by atoms with Crippen molar-refractivity contribution in [2.24, 2.45) is 5.73 Å². The van der Waals surface area contributed by atoms with Gasteiger partial charge in [0.05, 0.1) is 82.7 Å². The van der Waals surface area contributed by atoms with Crippen LogP contribution in [0.5, 0.6) is 5.75 Å². The fraction of sp³-hybridized carbons (Fsp3) is 0.520. The highest BCUT2D eigenvalue weighted by atomic mass is 19.1. The van der Waals surface area contributed by atoms with E-state index in [-0.39, 0.29) is 36.1 Å². The average Bonchev–Trinajstić information content (AvgIpc) is 3.58. The van der Waals surface area contributed by atoms with Crippen LogP contribution in [0.4, 0.5) is 10.1 Å². The Bertz CT molecular complexity index is 2030. The number of carbonyl (C=O) groups excluding carboxylic acids is 2. The van der Waals surface area contributed by atoms with Gasteiger partial charge < -0.3 is 53.5 Å². The Morgan fingerprint density at radius 1 is 0.797 bits per heavy atom. The molecule has 3 aromatic carbocycles. The van der Waals surface area contributed by atoms with Crippen LogP contribution in [-0.4, -0.2) is 106 Å². The van der Waals surface area contributed by atoms with Gasteiger partial charge >= 0.3 is 5.97 Å². The number of amides is 1. The van der Waals surface area contributed by atoms with Crippen LogP contribution in [0.3, 0.4) is 0 Å². The Morgan fingerprint density at radius 3 is 1.95 bits per heavy atom. The number of carbonyl (C=O) groups is 2. The minimum Gasteiger partial charge on any atom is -0.491 e. The average molecular weight is 890 g/mol. The number of anilines is 1. The molecule has 0 aliphatic carbocycles. The molecule has 2 heterocycles. The summed E-state index contributed by atoms with van der Waals surface area (Å²) < 4.78 is 62.7. The predicted octanol–water partition coefficient (Wildman–Crippen LogP) is 8.77. The Balaban J connectivity index is 1.31. The van der Waals surface area contributed by atoms with Crippen LogP contribution in [0.25, 0.3) is 22.4 Å². The van der Waals surface area contributed by atoms with Crippen LogP contribution < -0.4 is 15.8 Å². The van der Waals surface area contributed by atoms with Crippen LogP contribution in [0.2, 0.25) is 0 Å². The zero-order valence-electron chi connectivity index (χ0n) is 38.6. The Labute approximate surface area is 378 Å². The van der Waals surface area contributed by atoms with E-state index in [1.807, 2.05) is 77.1 Å². The van der Waals surface area contributed by atoms with Gasteiger partial charge in [-0.3, -0.25) is 9.59 Å². The molecule has 1 aromatic heterocycles. The first-order valence-electron chi connectivity index (χ1n) is 22.3. The molecule has 5 rings (SSSR count). The van der Waals surface area contributed by atoms with Crippen LogP contribution in [0.15, 0.2) is 78.9 Å². The van der Waals surface area contributed by atoms with E-state index in [4.69, 9.17) is 43.6 Å². The van der Waals surface area contributed by atoms with E-state index in [0.717, 1.165) is 28.1 Å². The van der Waals surface area contributed by atoms with Gasteiger partial charge in [-0.15, -0.1) is 0 Å². The summed E-state index contributed by atoms with van der Waals surface area (Å²) in [5.41, 5.74) is 9.88. The molecule has 0 saturated carbocycles. The number of esters is 1. The normalized spacial score (nSPS) is 16.2. The SMILES string of the molecule is CC(C)c1c(C(=O)Nc2ccc(OCCOCCOCCOCCOCCN)cc2)c(-c2ccccc2)c(-c2ccc(F)cc2)n1CC[C@@H]1C[C@H](CC(=O)OC(C)(C)C)OC(C)(C)O1. The molecule has 1 aliphatic heterocycles. The van der Waals surface area contributed by atoms with E-state index in [1.165, 1.54) is 12.1 Å². The molecule has 4 aromatic rings. The van der Waals surface area contributed by atoms with Crippen LogP contribution in [0.1, 0.15) is 89.7 Å². The number of nitrogens with one attached hydrogen (secondary N) is 1. The lowest BCUT2D eigenvalue weighted by Crippen LogP contribution is -2.46. The lowest BCUT2D eigenvalue weighted by atomic mass is 9.94. The maximum absolute atomic E-state index is 14.8. The Kier molecular flexibility index (Phi) is 19.3. The van der Waals surface area contributed by atoms with Crippen molar-refractivity contribution in [3.05, 3.63) is 95.9 Å². The van der Waals surface area contributed by atoms with Gasteiger partial charge in [-0.1, -0.05) is 44.2 Å². The van der Waals surface area contributed by atoms with Gasteiger partial charge in [-0.05, 0) is 107 Å². The quantitative estimate of drug-likeness (QED) is 0.0486. The molecule has 0 unspecified atom stereocenters. The molecular weight excluding hydrogens is 822 g/mol. The molecule has 3 N–H and O–H groups in total. The lowest BCUT2D eigenvalue weighted by Gasteiger charge is -2.41. The number of nitrogens with two attached hydrogens (primary N) is 1. The highest BCUT2D eigenvalue weighted by Crippen LogP contribution is 2.43. The van der Waals surface area contributed by atoms with Gasteiger partial charge in [0.1, 0.15) is 23.8 Å². The van der Waals surface area contributed by atoms with Crippen molar-refractivity contribution in [3.63, 3.8) is 0 Å². The molecule has 2 atom stereocenters. The van der Waals surface area contributed by atoms with Crippen LogP contribution in [-0.2, 0) is 44.5 Å². The van der Waals surface area contributed by atoms with Gasteiger partial charge in [-0.2, -0.15) is 0 Å². The van der Waals surface area contributed by atoms with E-state index in [0.29, 0.717) is 102 Å². The maximum atomic E-state index is 14.8. The molecule has 350 valence electrons. The number of rotatable bonds is 25. The summed E-state index contributed by atoms with van der Waals surface area (Å²) >= 11 is 0. The third kappa shape index (κ3) is 15.8. The third-order valence-corrected chi connectivity index (χ3v) is 10.2. The molecule has 14 heteroatoms. The summed E-state index contributed by atoms with van der Waals surface area (Å²) in [6.45, 7) is 18.4. The predicted molar refractivity (Wildman–Crippen MR) is 245 cm³/mol. The topological polar surface area (TPSA) is 151 Å². The number of ether oxygens (including phenoxy) is 8. The summed E-state index contributed by atoms with van der Waals surface area (Å²) in [6.07, 6.45) is 0.469. The Morgan fingerprint density at radius 2 is 1.38 bits per heavy atom. The standard InChI is InChI=1S/C50H68FN3O10/c1-35(2)46-45(48(56)53-39-17-19-40(20-18-39)61-32-31-60-30-29-59-28-27-58-26-25-57-24-22-52)44(36-11-9-8-10-12-36)47(37-13-15-38(51)16-14-37)54(46)23-21-41-33-42(63-50(6,7)62-41)34-43(55)64-49(3,4)5/h8-20,35,41-42H,21-34,52H2,1-7H3,(H,53,56)/t41-,42-/m1/s1. The van der Waals surface area contributed by atoms with E-state index >= 15 is 0 Å². The zero-order chi connectivity index (χ0) is 46.1. The first-order chi connectivity index (χ1) is 30.6. The second-order valence-electron chi connectivity index (χ2n) is 17.4. The number of nitrogens with zero attached hydrogens (tertiary/aromatic N) is 1. The maximum Gasteiger partial charge on any atom is 0.308 e. The van der Waals surface area contributed by atoms with Gasteiger partial charge in [0.25, 0.3) is 5.91 Å². The van der Waals surface area contributed by atoms with E-state index in [9.17, 15) is 14.0 Å². The molecule has 1 aliphatic rings. The van der Waals surface area contributed by atoms with Crippen molar-refractivity contribution in [1.82, 2.24) is 4.57 Å². The molecule has 0 radical (unpaired) electrons. The minimum atomic E-state index is -0.936. The van der Waals surface area contributed by atoms with Crippen LogP contribution in [0, 0.1) is 5.82 Å². The molecule has 64 heavy (non-hydrogen) atoms. The van der Waals surface area contributed by atoms with E-state index in [1.54, 1.807) is 24.3 Å². The second kappa shape index (κ2) is 24.6. The van der Waals surface area contributed by atoms with E-state index < -0.39 is 17.5 Å². The van der Waals surface area contributed by atoms with Crippen molar-refractivity contribution in [3.8, 4) is 28.1 Å². The fourth-order valence-electron chi connectivity index (χ4n) is 7.75. The number of aromatic nitrogens is 1. The van der Waals surface area contributed by atoms with Crippen molar-refractivity contribution < 1.29 is 51.9 Å². The summed E-state index contributed by atoms with van der Waals surface area (Å²) in [4.78, 5) is 27.6. The van der Waals surface area contributed by atoms with Crippen molar-refractivity contribution >= 4 is 17.6 Å². The van der Waals surface area contributed by atoms with Crippen LogP contribution >= 0.6 is 0 Å². The van der Waals surface area contributed by atoms with Gasteiger partial charge in [0.2, 0.25) is 0 Å². The lowest BCUT2D eigenvalue weighted by molar-refractivity contribution is -0.301. The minimum absolute atomic E-state index is 0.0971. The number of hydrogen-bond donors (Lipinski definition) is 2. The van der Waals surface area contributed by atoms with E-state index in [2.05, 4.69) is 23.7 Å². The number of hydrogen-bond acceptors (Lipinski definition) is 11. The smallest absolute Gasteiger partial charge is 0.308 e. The fourth-order valence-corrected chi connectivity index (χ4v) is 7.75. The first kappa shape index (κ1) is 50.3. The largest absolute Gasteiger partial charge is 0.491 e. The van der Waals surface area contributed by atoms with Gasteiger partial charge in [0, 0.05) is 36.5 Å². The highest BCUT2D eigenvalue weighted by Gasteiger charge is 2.38. The number of halogens is 1. The monoisotopic (exact) mass is 889 g/mol. The highest BCUT2D eigenvalue weighted by molar-refractivity contribution is 6.12. The second-order valence-corrected chi connectivity index (χ2v) is 17.4. The van der Waals surface area contributed by atoms with Crippen molar-refractivity contribution in [2.75, 3.05) is 71.3 Å². The molecular formula is C50H68FN3O10. The molecule has 13 nitrogen and oxygen atoms in total. The Hall–Kier alpha value is -4.67. The molecule has 1 fully saturated rings. The molecule has 1 amide bonds. The van der Waals surface area contributed by atoms with Gasteiger partial charge in [0.15, 0.2) is 5.79 Å². The zero-order valence-corrected chi connectivity index (χ0v) is 38.6. The molecule has 0 spiro atoms. The number of benzene rings is 3. The van der Waals surface area contributed by atoms with Gasteiger partial charge in [-0.25, -0.2) is 4.39 Å². The summed E-state index contributed by atoms with van der Waals surface area (Å²) in [5, 5.41) is 3.16. The summed E-state index contributed by atoms with van der Waals surface area (Å²) in [6, 6.07) is 23.4. The van der Waals surface area contributed by atoms with Crippen molar-refractivity contribution in [2.45, 2.75) is 104 Å². The summed E-state index contributed by atoms with van der Waals surface area (Å²) in [5.74, 6) is -1.36. The molecule has 0 bridgehead atoms.